The topological polar surface area (TPSA) is 38.1 Å². The molecule has 102 valence electrons. The van der Waals surface area contributed by atoms with Gasteiger partial charge in [-0.3, -0.25) is 0 Å². The van der Waals surface area contributed by atoms with Gasteiger partial charge in [-0.1, -0.05) is 36.3 Å². The molecule has 3 heteroatoms. The van der Waals surface area contributed by atoms with Crippen LogP contribution in [0.3, 0.4) is 0 Å². The van der Waals surface area contributed by atoms with E-state index in [0.29, 0.717) is 0 Å². The minimum Gasteiger partial charge on any atom is -0.361 e. The molecule has 0 fully saturated rings. The van der Waals surface area contributed by atoms with Crippen LogP contribution in [-0.2, 0) is 13.0 Å². The summed E-state index contributed by atoms with van der Waals surface area (Å²) < 4.78 is 5.22. The Labute approximate surface area is 115 Å². The summed E-state index contributed by atoms with van der Waals surface area (Å²) in [5.74, 6) is 0.904. The second-order valence-corrected chi connectivity index (χ2v) is 4.96. The van der Waals surface area contributed by atoms with Crippen LogP contribution in [0.15, 0.2) is 28.8 Å². The van der Waals surface area contributed by atoms with Gasteiger partial charge in [0, 0.05) is 18.2 Å². The molecule has 2 rings (SSSR count). The van der Waals surface area contributed by atoms with Crippen LogP contribution in [0.25, 0.3) is 0 Å². The third-order valence-electron chi connectivity index (χ3n) is 3.62. The van der Waals surface area contributed by atoms with Gasteiger partial charge in [-0.15, -0.1) is 0 Å². The lowest BCUT2D eigenvalue weighted by atomic mass is 10.0. The summed E-state index contributed by atoms with van der Waals surface area (Å²) in [6.45, 7) is 9.17. The summed E-state index contributed by atoms with van der Waals surface area (Å²) in [6, 6.07) is 8.82. The monoisotopic (exact) mass is 258 g/mol. The van der Waals surface area contributed by atoms with Gasteiger partial charge in [0.15, 0.2) is 0 Å². The summed E-state index contributed by atoms with van der Waals surface area (Å²) in [6.07, 6.45) is 1.07. The summed E-state index contributed by atoms with van der Waals surface area (Å²) >= 11 is 0. The molecule has 1 unspecified atom stereocenters. The minimum absolute atomic E-state index is 0.246. The van der Waals surface area contributed by atoms with Crippen molar-refractivity contribution in [3.05, 3.63) is 52.4 Å². The molecule has 0 aliphatic rings. The molecule has 1 aromatic carbocycles. The molecule has 2 aromatic rings. The molecule has 0 bridgehead atoms. The zero-order chi connectivity index (χ0) is 13.8. The predicted octanol–water partition coefficient (Wildman–Crippen LogP) is 3.70. The molecular formula is C16H22N2O. The molecule has 1 heterocycles. The zero-order valence-corrected chi connectivity index (χ0v) is 12.2. The summed E-state index contributed by atoms with van der Waals surface area (Å²) in [5.41, 5.74) is 4.92. The third-order valence-corrected chi connectivity index (χ3v) is 3.62. The van der Waals surface area contributed by atoms with E-state index in [9.17, 15) is 0 Å². The van der Waals surface area contributed by atoms with E-state index in [1.165, 1.54) is 16.7 Å². The number of hydrogen-bond donors (Lipinski definition) is 1. The second kappa shape index (κ2) is 6.02. The quantitative estimate of drug-likeness (QED) is 0.888. The lowest BCUT2D eigenvalue weighted by molar-refractivity contribution is 0.390. The number of aromatic nitrogens is 1. The molecule has 1 N–H and O–H groups in total. The van der Waals surface area contributed by atoms with E-state index in [1.807, 2.05) is 13.8 Å². The average molecular weight is 258 g/mol. The van der Waals surface area contributed by atoms with Gasteiger partial charge in [-0.05, 0) is 38.3 Å². The van der Waals surface area contributed by atoms with Crippen molar-refractivity contribution < 1.29 is 4.52 Å². The lowest BCUT2D eigenvalue weighted by Crippen LogP contribution is -2.19. The van der Waals surface area contributed by atoms with Crippen LogP contribution in [0.5, 0.6) is 0 Å². The second-order valence-electron chi connectivity index (χ2n) is 4.96. The predicted molar refractivity (Wildman–Crippen MR) is 77.1 cm³/mol. The van der Waals surface area contributed by atoms with Crippen molar-refractivity contribution in [3.8, 4) is 0 Å². The highest BCUT2D eigenvalue weighted by molar-refractivity contribution is 5.28. The van der Waals surface area contributed by atoms with Gasteiger partial charge < -0.3 is 9.84 Å². The molecule has 1 aromatic heterocycles. The van der Waals surface area contributed by atoms with Crippen molar-refractivity contribution in [2.24, 2.45) is 0 Å². The molecule has 0 saturated carbocycles. The van der Waals surface area contributed by atoms with Crippen LogP contribution in [-0.4, -0.2) is 5.16 Å². The SMILES string of the molecule is CCc1ccccc1CNC(C)c1c(C)noc1C. The molecule has 19 heavy (non-hydrogen) atoms. The smallest absolute Gasteiger partial charge is 0.138 e. The summed E-state index contributed by atoms with van der Waals surface area (Å²) in [5, 5.41) is 7.57. The number of hydrogen-bond acceptors (Lipinski definition) is 3. The van der Waals surface area contributed by atoms with E-state index in [4.69, 9.17) is 4.52 Å². The number of nitrogens with zero attached hydrogens (tertiary/aromatic N) is 1. The molecule has 0 aliphatic heterocycles. The number of rotatable bonds is 5. The number of aryl methyl sites for hydroxylation is 3. The first kappa shape index (κ1) is 13.8. The first-order valence-electron chi connectivity index (χ1n) is 6.86. The highest BCUT2D eigenvalue weighted by Gasteiger charge is 2.15. The maximum Gasteiger partial charge on any atom is 0.138 e. The van der Waals surface area contributed by atoms with E-state index in [0.717, 1.165) is 24.4 Å². The van der Waals surface area contributed by atoms with Crippen LogP contribution in [0.1, 0.15) is 48.0 Å². The molecular weight excluding hydrogens is 236 g/mol. The summed E-state index contributed by atoms with van der Waals surface area (Å²) in [7, 11) is 0. The Morgan fingerprint density at radius 2 is 1.89 bits per heavy atom. The fourth-order valence-corrected chi connectivity index (χ4v) is 2.55. The first-order chi connectivity index (χ1) is 9.13. The zero-order valence-electron chi connectivity index (χ0n) is 12.2. The van der Waals surface area contributed by atoms with Gasteiger partial charge in [0.05, 0.1) is 5.69 Å². The molecule has 0 spiro atoms. The van der Waals surface area contributed by atoms with Gasteiger partial charge in [0.2, 0.25) is 0 Å². The van der Waals surface area contributed by atoms with Crippen molar-refractivity contribution in [1.29, 1.82) is 0 Å². The fourth-order valence-electron chi connectivity index (χ4n) is 2.55. The largest absolute Gasteiger partial charge is 0.361 e. The van der Waals surface area contributed by atoms with Gasteiger partial charge in [0.25, 0.3) is 0 Å². The lowest BCUT2D eigenvalue weighted by Gasteiger charge is -2.15. The van der Waals surface area contributed by atoms with Crippen molar-refractivity contribution in [2.75, 3.05) is 0 Å². The van der Waals surface area contributed by atoms with E-state index in [1.54, 1.807) is 0 Å². The van der Waals surface area contributed by atoms with Gasteiger partial charge in [-0.2, -0.15) is 0 Å². The maximum absolute atomic E-state index is 5.22. The molecule has 0 saturated heterocycles. The maximum atomic E-state index is 5.22. The molecule has 0 aliphatic carbocycles. The normalized spacial score (nSPS) is 12.6. The van der Waals surface area contributed by atoms with Gasteiger partial charge in [-0.25, -0.2) is 0 Å². The van der Waals surface area contributed by atoms with E-state index in [2.05, 4.69) is 48.6 Å². The molecule has 3 nitrogen and oxygen atoms in total. The number of nitrogens with one attached hydrogen (secondary N) is 1. The first-order valence-corrected chi connectivity index (χ1v) is 6.86. The van der Waals surface area contributed by atoms with E-state index < -0.39 is 0 Å². The van der Waals surface area contributed by atoms with E-state index in [-0.39, 0.29) is 6.04 Å². The van der Waals surface area contributed by atoms with Crippen LogP contribution in [0, 0.1) is 13.8 Å². The van der Waals surface area contributed by atoms with Crippen molar-refractivity contribution in [1.82, 2.24) is 10.5 Å². The molecule has 0 amide bonds. The fraction of sp³-hybridized carbons (Fsp3) is 0.438. The van der Waals surface area contributed by atoms with Crippen LogP contribution < -0.4 is 5.32 Å². The van der Waals surface area contributed by atoms with Crippen molar-refractivity contribution in [3.63, 3.8) is 0 Å². The summed E-state index contributed by atoms with van der Waals surface area (Å²) in [4.78, 5) is 0. The standard InChI is InChI=1S/C16H22N2O/c1-5-14-8-6-7-9-15(14)10-17-11(2)16-12(3)18-19-13(16)4/h6-9,11,17H,5,10H2,1-4H3. The van der Waals surface area contributed by atoms with Gasteiger partial charge in [0.1, 0.15) is 5.76 Å². The van der Waals surface area contributed by atoms with Gasteiger partial charge >= 0.3 is 0 Å². The van der Waals surface area contributed by atoms with Crippen LogP contribution in [0.4, 0.5) is 0 Å². The highest BCUT2D eigenvalue weighted by atomic mass is 16.5. The van der Waals surface area contributed by atoms with Crippen molar-refractivity contribution >= 4 is 0 Å². The Morgan fingerprint density at radius 3 is 2.47 bits per heavy atom. The minimum atomic E-state index is 0.246. The number of benzene rings is 1. The average Bonchev–Trinajstić information content (AvgIpc) is 2.76. The Morgan fingerprint density at radius 1 is 1.21 bits per heavy atom. The van der Waals surface area contributed by atoms with Crippen LogP contribution in [0.2, 0.25) is 0 Å². The van der Waals surface area contributed by atoms with Crippen molar-refractivity contribution in [2.45, 2.75) is 46.7 Å². The Bertz CT molecular complexity index is 526. The highest BCUT2D eigenvalue weighted by Crippen LogP contribution is 2.21. The Balaban J connectivity index is 2.06. The van der Waals surface area contributed by atoms with E-state index >= 15 is 0 Å². The van der Waals surface area contributed by atoms with Crippen LogP contribution >= 0.6 is 0 Å². The third kappa shape index (κ3) is 3.04. The Hall–Kier alpha value is -1.61. The molecule has 0 radical (unpaired) electrons. The molecule has 1 atom stereocenters. The Kier molecular flexibility index (Phi) is 4.38.